The van der Waals surface area contributed by atoms with Gasteiger partial charge in [0.25, 0.3) is 0 Å². The van der Waals surface area contributed by atoms with Crippen molar-refractivity contribution in [3.05, 3.63) is 59.1 Å². The number of para-hydroxylation sites is 1. The second-order valence-electron chi connectivity index (χ2n) is 6.29. The van der Waals surface area contributed by atoms with Gasteiger partial charge in [0.15, 0.2) is 5.11 Å². The molecule has 0 saturated carbocycles. The maximum Gasteiger partial charge on any atom is 0.170 e. The van der Waals surface area contributed by atoms with Gasteiger partial charge in [0, 0.05) is 12.1 Å². The first-order chi connectivity index (χ1) is 12.1. The van der Waals surface area contributed by atoms with E-state index in [4.69, 9.17) is 17.2 Å². The number of hydrogen-bond acceptors (Lipinski definition) is 3. The van der Waals surface area contributed by atoms with E-state index >= 15 is 0 Å². The molecule has 0 atom stereocenters. The lowest BCUT2D eigenvalue weighted by atomic mass is 10.1. The molecule has 0 bridgehead atoms. The summed E-state index contributed by atoms with van der Waals surface area (Å²) in [5.41, 5.74) is 3.33. The Hall–Kier alpha value is -2.02. The molecule has 6 heteroatoms. The van der Waals surface area contributed by atoms with Gasteiger partial charge in [-0.3, -0.25) is 0 Å². The van der Waals surface area contributed by atoms with Crippen LogP contribution in [-0.4, -0.2) is 37.3 Å². The molecule has 3 rings (SSSR count). The summed E-state index contributed by atoms with van der Waals surface area (Å²) in [4.78, 5) is 6.09. The Morgan fingerprint density at radius 3 is 2.60 bits per heavy atom. The van der Waals surface area contributed by atoms with Crippen molar-refractivity contribution in [3.63, 3.8) is 0 Å². The summed E-state index contributed by atoms with van der Waals surface area (Å²) < 4.78 is 1.24. The number of aromatic nitrogens is 1. The van der Waals surface area contributed by atoms with E-state index in [0.717, 1.165) is 35.7 Å². The van der Waals surface area contributed by atoms with E-state index < -0.39 is 0 Å². The van der Waals surface area contributed by atoms with Gasteiger partial charge in [0.2, 0.25) is 0 Å². The lowest BCUT2D eigenvalue weighted by molar-refractivity contribution is -0.856. The fraction of sp³-hybridized carbons (Fsp3) is 0.263. The lowest BCUT2D eigenvalue weighted by Crippen LogP contribution is -3.06. The molecule has 25 heavy (non-hydrogen) atoms. The van der Waals surface area contributed by atoms with Crippen LogP contribution in [0.5, 0.6) is 0 Å². The van der Waals surface area contributed by atoms with E-state index in [2.05, 4.69) is 67.2 Å². The molecule has 1 aromatic heterocycles. The van der Waals surface area contributed by atoms with Gasteiger partial charge in [-0.1, -0.05) is 24.3 Å². The van der Waals surface area contributed by atoms with Crippen molar-refractivity contribution in [2.24, 2.45) is 0 Å². The van der Waals surface area contributed by atoms with Gasteiger partial charge in [0.1, 0.15) is 0 Å². The Bertz CT molecular complexity index is 807. The number of benzene rings is 2. The van der Waals surface area contributed by atoms with Crippen LogP contribution < -0.4 is 15.5 Å². The van der Waals surface area contributed by atoms with Crippen LogP contribution >= 0.6 is 23.6 Å². The average Bonchev–Trinajstić information content (AvgIpc) is 2.98. The van der Waals surface area contributed by atoms with Crippen molar-refractivity contribution in [3.8, 4) is 0 Å². The second kappa shape index (κ2) is 8.38. The molecule has 3 aromatic rings. The van der Waals surface area contributed by atoms with Crippen LogP contribution in [0.4, 0.5) is 5.69 Å². The minimum absolute atomic E-state index is 0.667. The lowest BCUT2D eigenvalue weighted by Gasteiger charge is -2.12. The first-order valence-corrected chi connectivity index (χ1v) is 9.60. The molecule has 0 unspecified atom stereocenters. The Morgan fingerprint density at radius 2 is 1.88 bits per heavy atom. The van der Waals surface area contributed by atoms with Crippen LogP contribution in [0.2, 0.25) is 0 Å². The van der Waals surface area contributed by atoms with Gasteiger partial charge in [-0.15, -0.1) is 11.3 Å². The van der Waals surface area contributed by atoms with Crippen LogP contribution in [0, 0.1) is 0 Å². The molecule has 130 valence electrons. The van der Waals surface area contributed by atoms with Crippen molar-refractivity contribution in [2.45, 2.75) is 6.42 Å². The number of fused-ring (bicyclic) bond motifs is 1. The first-order valence-electron chi connectivity index (χ1n) is 8.37. The number of nitrogens with one attached hydrogen (secondary N) is 3. The second-order valence-corrected chi connectivity index (χ2v) is 7.81. The zero-order valence-corrected chi connectivity index (χ0v) is 16.1. The highest BCUT2D eigenvalue weighted by molar-refractivity contribution is 7.80. The summed E-state index contributed by atoms with van der Waals surface area (Å²) in [5.74, 6) is 0. The van der Waals surface area contributed by atoms with E-state index in [1.54, 1.807) is 11.3 Å². The topological polar surface area (TPSA) is 41.4 Å². The Morgan fingerprint density at radius 1 is 1.12 bits per heavy atom. The number of rotatable bonds is 6. The number of likely N-dealkylation sites (N-methyl/N-ethyl adjacent to an activating group) is 1. The molecular formula is C19H23N4S2+. The monoisotopic (exact) mass is 371 g/mol. The molecule has 0 radical (unpaired) electrons. The number of anilines is 1. The number of nitrogens with zero attached hydrogens (tertiary/aromatic N) is 1. The molecule has 1 heterocycles. The van der Waals surface area contributed by atoms with Crippen LogP contribution in [0.15, 0.2) is 48.5 Å². The highest BCUT2D eigenvalue weighted by atomic mass is 32.1. The van der Waals surface area contributed by atoms with E-state index in [-0.39, 0.29) is 0 Å². The minimum Gasteiger partial charge on any atom is -0.357 e. The largest absolute Gasteiger partial charge is 0.357 e. The third kappa shape index (κ3) is 5.22. The number of quaternary nitrogens is 1. The van der Waals surface area contributed by atoms with E-state index in [0.29, 0.717) is 5.11 Å². The predicted octanol–water partition coefficient (Wildman–Crippen LogP) is 2.32. The summed E-state index contributed by atoms with van der Waals surface area (Å²) in [6.45, 7) is 1.90. The van der Waals surface area contributed by atoms with E-state index in [9.17, 15) is 0 Å². The third-order valence-electron chi connectivity index (χ3n) is 3.82. The summed E-state index contributed by atoms with van der Waals surface area (Å²) in [7, 11) is 4.25. The van der Waals surface area contributed by atoms with Crippen molar-refractivity contribution in [2.75, 3.05) is 32.5 Å². The van der Waals surface area contributed by atoms with Crippen molar-refractivity contribution >= 4 is 44.6 Å². The summed E-state index contributed by atoms with van der Waals surface area (Å²) in [6, 6.07) is 16.7. The summed E-state index contributed by atoms with van der Waals surface area (Å²) in [6.07, 6.45) is 0.855. The molecule has 0 aliphatic heterocycles. The van der Waals surface area contributed by atoms with Crippen LogP contribution in [0.1, 0.15) is 10.6 Å². The Kier molecular flexibility index (Phi) is 5.96. The molecule has 0 aliphatic carbocycles. The molecule has 3 N–H and O–H groups in total. The summed E-state index contributed by atoms with van der Waals surface area (Å²) in [5, 5.41) is 8.26. The number of thiazole rings is 1. The highest BCUT2D eigenvalue weighted by Crippen LogP contribution is 2.24. The fourth-order valence-corrected chi connectivity index (χ4v) is 3.70. The molecular weight excluding hydrogens is 348 g/mol. The third-order valence-corrected chi connectivity index (χ3v) is 5.10. The smallest absolute Gasteiger partial charge is 0.170 e. The quantitative estimate of drug-likeness (QED) is 0.582. The Labute approximate surface area is 157 Å². The van der Waals surface area contributed by atoms with Gasteiger partial charge < -0.3 is 15.5 Å². The maximum atomic E-state index is 5.32. The van der Waals surface area contributed by atoms with Crippen molar-refractivity contribution in [1.29, 1.82) is 0 Å². The fourth-order valence-electron chi connectivity index (χ4n) is 2.48. The van der Waals surface area contributed by atoms with Crippen LogP contribution in [0.25, 0.3) is 10.2 Å². The summed E-state index contributed by atoms with van der Waals surface area (Å²) >= 11 is 7.08. The highest BCUT2D eigenvalue weighted by Gasteiger charge is 2.05. The molecule has 0 aliphatic rings. The number of thiocarbonyl (C=S) groups is 1. The van der Waals surface area contributed by atoms with Gasteiger partial charge in [-0.25, -0.2) is 4.98 Å². The van der Waals surface area contributed by atoms with Gasteiger partial charge in [0.05, 0.1) is 42.4 Å². The van der Waals surface area contributed by atoms with Crippen molar-refractivity contribution in [1.82, 2.24) is 10.3 Å². The zero-order chi connectivity index (χ0) is 17.6. The maximum absolute atomic E-state index is 5.32. The Balaban J connectivity index is 1.55. The van der Waals surface area contributed by atoms with Crippen molar-refractivity contribution < 1.29 is 4.90 Å². The molecule has 0 amide bonds. The normalized spacial score (nSPS) is 11.0. The van der Waals surface area contributed by atoms with Gasteiger partial charge >= 0.3 is 0 Å². The SMILES string of the molecule is C[NH+](C)CCNC(=S)Nc1ccc(Cc2nc3ccccc3s2)cc1. The molecule has 0 spiro atoms. The number of hydrogen-bond donors (Lipinski definition) is 3. The molecule has 0 saturated heterocycles. The molecule has 0 fully saturated rings. The van der Waals surface area contributed by atoms with Gasteiger partial charge in [-0.05, 0) is 42.0 Å². The zero-order valence-electron chi connectivity index (χ0n) is 14.5. The van der Waals surface area contributed by atoms with Crippen LogP contribution in [-0.2, 0) is 6.42 Å². The van der Waals surface area contributed by atoms with E-state index in [1.807, 2.05) is 6.07 Å². The molecule has 4 nitrogen and oxygen atoms in total. The van der Waals surface area contributed by atoms with Gasteiger partial charge in [-0.2, -0.15) is 0 Å². The average molecular weight is 372 g/mol. The molecule has 2 aromatic carbocycles. The first kappa shape index (κ1) is 17.8. The minimum atomic E-state index is 0.667. The van der Waals surface area contributed by atoms with Crippen LogP contribution in [0.3, 0.4) is 0 Å². The predicted molar refractivity (Wildman–Crippen MR) is 111 cm³/mol. The standard InChI is InChI=1S/C19H22N4S2/c1-23(2)12-11-20-19(24)21-15-9-7-14(8-10-15)13-18-22-16-5-3-4-6-17(16)25-18/h3-10H,11-13H2,1-2H3,(H2,20,21,24)/p+1. The van der Waals surface area contributed by atoms with E-state index in [1.165, 1.54) is 15.2 Å².